The number of amides is 2. The Balaban J connectivity index is 4.12. The largest absolute Gasteiger partial charge is 0.480 e. The molecule has 0 rings (SSSR count). The van der Waals surface area contributed by atoms with Crippen LogP contribution in [0.15, 0.2) is 0 Å². The Morgan fingerprint density at radius 3 is 2.56 bits per heavy atom. The van der Waals surface area contributed by atoms with Crippen molar-refractivity contribution in [3.63, 3.8) is 0 Å². The van der Waals surface area contributed by atoms with Crippen LogP contribution < -0.4 is 5.32 Å². The standard InChI is InChI=1S/C9H18N2O4S/c1-11(4-6-16-2)9(15)10-7(3-5-12)8(13)14/h7,12H,3-6H2,1-2H3,(H,10,15)(H,13,14). The summed E-state index contributed by atoms with van der Waals surface area (Å²) in [5, 5.41) is 19.8. The molecule has 0 aromatic rings. The number of carbonyl (C=O) groups excluding carboxylic acids is 1. The fourth-order valence-corrected chi connectivity index (χ4v) is 1.43. The average Bonchev–Trinajstić information content (AvgIpc) is 2.24. The van der Waals surface area contributed by atoms with Crippen molar-refractivity contribution in [2.24, 2.45) is 0 Å². The van der Waals surface area contributed by atoms with E-state index in [0.29, 0.717) is 6.54 Å². The van der Waals surface area contributed by atoms with E-state index in [1.165, 1.54) is 4.90 Å². The van der Waals surface area contributed by atoms with Gasteiger partial charge in [-0.2, -0.15) is 11.8 Å². The number of aliphatic hydroxyl groups excluding tert-OH is 1. The molecular formula is C9H18N2O4S. The van der Waals surface area contributed by atoms with E-state index in [4.69, 9.17) is 10.2 Å². The zero-order valence-electron chi connectivity index (χ0n) is 9.47. The molecule has 0 saturated heterocycles. The molecule has 6 nitrogen and oxygen atoms in total. The predicted octanol–water partition coefficient (Wildman–Crippen LogP) is -0.174. The van der Waals surface area contributed by atoms with Crippen LogP contribution in [0.1, 0.15) is 6.42 Å². The molecular weight excluding hydrogens is 232 g/mol. The number of aliphatic hydroxyl groups is 1. The van der Waals surface area contributed by atoms with Crippen molar-refractivity contribution in [2.75, 3.05) is 32.2 Å². The van der Waals surface area contributed by atoms with Crippen LogP contribution >= 0.6 is 11.8 Å². The molecule has 2 amide bonds. The number of carbonyl (C=O) groups is 2. The normalized spacial score (nSPS) is 11.9. The maximum absolute atomic E-state index is 11.5. The third-order valence-corrected chi connectivity index (χ3v) is 2.58. The minimum absolute atomic E-state index is 0.0114. The molecule has 0 aliphatic carbocycles. The monoisotopic (exact) mass is 250 g/mol. The highest BCUT2D eigenvalue weighted by Crippen LogP contribution is 1.97. The third kappa shape index (κ3) is 5.82. The first-order valence-electron chi connectivity index (χ1n) is 4.87. The molecule has 3 N–H and O–H groups in total. The van der Waals surface area contributed by atoms with Gasteiger partial charge in [0.2, 0.25) is 0 Å². The second kappa shape index (κ2) is 8.23. The SMILES string of the molecule is CSCCN(C)C(=O)NC(CCO)C(=O)O. The molecule has 16 heavy (non-hydrogen) atoms. The fraction of sp³-hybridized carbons (Fsp3) is 0.778. The number of rotatable bonds is 7. The number of nitrogens with one attached hydrogen (secondary N) is 1. The Hall–Kier alpha value is -0.950. The lowest BCUT2D eigenvalue weighted by atomic mass is 10.2. The number of carboxylic acids is 1. The van der Waals surface area contributed by atoms with Crippen molar-refractivity contribution in [1.82, 2.24) is 10.2 Å². The van der Waals surface area contributed by atoms with E-state index in [1.807, 2.05) is 6.26 Å². The Morgan fingerprint density at radius 1 is 1.50 bits per heavy atom. The summed E-state index contributed by atoms with van der Waals surface area (Å²) < 4.78 is 0. The lowest BCUT2D eigenvalue weighted by molar-refractivity contribution is -0.139. The zero-order chi connectivity index (χ0) is 12.6. The molecule has 0 bridgehead atoms. The first-order valence-corrected chi connectivity index (χ1v) is 6.26. The summed E-state index contributed by atoms with van der Waals surface area (Å²) in [5.74, 6) is -0.345. The first-order chi connectivity index (χ1) is 7.52. The van der Waals surface area contributed by atoms with Gasteiger partial charge in [0.15, 0.2) is 0 Å². The molecule has 0 aliphatic rings. The van der Waals surface area contributed by atoms with Crippen molar-refractivity contribution in [1.29, 1.82) is 0 Å². The van der Waals surface area contributed by atoms with E-state index in [2.05, 4.69) is 5.32 Å². The highest BCUT2D eigenvalue weighted by Gasteiger charge is 2.20. The number of hydrogen-bond donors (Lipinski definition) is 3. The van der Waals surface area contributed by atoms with Gasteiger partial charge in [-0.3, -0.25) is 0 Å². The molecule has 0 spiro atoms. The van der Waals surface area contributed by atoms with Crippen LogP contribution in [0.5, 0.6) is 0 Å². The van der Waals surface area contributed by atoms with Gasteiger partial charge in [-0.25, -0.2) is 9.59 Å². The molecule has 0 aromatic carbocycles. The zero-order valence-corrected chi connectivity index (χ0v) is 10.3. The Bertz CT molecular complexity index is 238. The molecule has 1 unspecified atom stereocenters. The minimum Gasteiger partial charge on any atom is -0.480 e. The van der Waals surface area contributed by atoms with E-state index in [-0.39, 0.29) is 13.0 Å². The summed E-state index contributed by atoms with van der Waals surface area (Å²) in [6, 6.07) is -1.47. The van der Waals surface area contributed by atoms with Gasteiger partial charge in [-0.1, -0.05) is 0 Å². The Morgan fingerprint density at radius 2 is 2.12 bits per heavy atom. The van der Waals surface area contributed by atoms with Crippen molar-refractivity contribution in [2.45, 2.75) is 12.5 Å². The molecule has 0 heterocycles. The van der Waals surface area contributed by atoms with Crippen LogP contribution in [-0.2, 0) is 4.79 Å². The third-order valence-electron chi connectivity index (χ3n) is 1.99. The number of urea groups is 1. The molecule has 0 fully saturated rings. The molecule has 7 heteroatoms. The summed E-state index contributed by atoms with van der Waals surface area (Å²) in [4.78, 5) is 23.6. The quantitative estimate of drug-likeness (QED) is 0.583. The highest BCUT2D eigenvalue weighted by atomic mass is 32.2. The van der Waals surface area contributed by atoms with Gasteiger partial charge < -0.3 is 20.4 Å². The number of hydrogen-bond acceptors (Lipinski definition) is 4. The van der Waals surface area contributed by atoms with E-state index in [0.717, 1.165) is 5.75 Å². The van der Waals surface area contributed by atoms with Crippen molar-refractivity contribution >= 4 is 23.8 Å². The molecule has 0 aliphatic heterocycles. The van der Waals surface area contributed by atoms with Crippen LogP contribution in [0, 0.1) is 0 Å². The maximum atomic E-state index is 11.5. The lowest BCUT2D eigenvalue weighted by Gasteiger charge is -2.20. The van der Waals surface area contributed by atoms with Crippen molar-refractivity contribution in [3.05, 3.63) is 0 Å². The van der Waals surface area contributed by atoms with Gasteiger partial charge in [0.05, 0.1) is 0 Å². The van der Waals surface area contributed by atoms with Crippen LogP contribution in [0.3, 0.4) is 0 Å². The van der Waals surface area contributed by atoms with E-state index >= 15 is 0 Å². The average molecular weight is 250 g/mol. The number of thioether (sulfide) groups is 1. The van der Waals surface area contributed by atoms with Gasteiger partial charge in [-0.15, -0.1) is 0 Å². The van der Waals surface area contributed by atoms with Crippen molar-refractivity contribution in [3.8, 4) is 0 Å². The maximum Gasteiger partial charge on any atom is 0.326 e. The van der Waals surface area contributed by atoms with Crippen LogP contribution in [-0.4, -0.2) is 65.4 Å². The summed E-state index contributed by atoms with van der Waals surface area (Å²) in [6.45, 7) is 0.282. The Kier molecular flexibility index (Phi) is 7.74. The molecule has 1 atom stereocenters. The van der Waals surface area contributed by atoms with E-state index in [9.17, 15) is 9.59 Å². The number of carboxylic acid groups (broad SMARTS) is 1. The minimum atomic E-state index is -1.14. The second-order valence-electron chi connectivity index (χ2n) is 3.27. The van der Waals surface area contributed by atoms with Crippen LogP contribution in [0.4, 0.5) is 4.79 Å². The summed E-state index contributed by atoms with van der Waals surface area (Å²) >= 11 is 1.60. The highest BCUT2D eigenvalue weighted by molar-refractivity contribution is 7.98. The Labute approximate surface area is 99.0 Å². The topological polar surface area (TPSA) is 89.9 Å². The van der Waals surface area contributed by atoms with Gasteiger partial charge in [0.25, 0.3) is 0 Å². The first kappa shape index (κ1) is 15.0. The van der Waals surface area contributed by atoms with Gasteiger partial charge in [0.1, 0.15) is 6.04 Å². The predicted molar refractivity (Wildman–Crippen MR) is 62.7 cm³/mol. The lowest BCUT2D eigenvalue weighted by Crippen LogP contribution is -2.47. The molecule has 94 valence electrons. The summed E-state index contributed by atoms with van der Waals surface area (Å²) in [5.41, 5.74) is 0. The fourth-order valence-electron chi connectivity index (χ4n) is 0.975. The van der Waals surface area contributed by atoms with Crippen LogP contribution in [0.2, 0.25) is 0 Å². The molecule has 0 saturated carbocycles. The van der Waals surface area contributed by atoms with Crippen molar-refractivity contribution < 1.29 is 19.8 Å². The number of aliphatic carboxylic acids is 1. The summed E-state index contributed by atoms with van der Waals surface area (Å²) in [7, 11) is 1.60. The summed E-state index contributed by atoms with van der Waals surface area (Å²) in [6.07, 6.45) is 1.94. The van der Waals surface area contributed by atoms with Gasteiger partial charge >= 0.3 is 12.0 Å². The van der Waals surface area contributed by atoms with Gasteiger partial charge in [-0.05, 0) is 6.26 Å². The molecule has 0 aromatic heterocycles. The number of nitrogens with zero attached hydrogens (tertiary/aromatic N) is 1. The molecule has 0 radical (unpaired) electrons. The van der Waals surface area contributed by atoms with Gasteiger partial charge in [0, 0.05) is 32.4 Å². The smallest absolute Gasteiger partial charge is 0.326 e. The van der Waals surface area contributed by atoms with E-state index < -0.39 is 18.0 Å². The van der Waals surface area contributed by atoms with E-state index in [1.54, 1.807) is 18.8 Å². The van der Waals surface area contributed by atoms with Crippen LogP contribution in [0.25, 0.3) is 0 Å². The second-order valence-corrected chi connectivity index (χ2v) is 4.25.